The first-order valence-corrected chi connectivity index (χ1v) is 8.54. The van der Waals surface area contributed by atoms with Gasteiger partial charge in [0.25, 0.3) is 0 Å². The summed E-state index contributed by atoms with van der Waals surface area (Å²) in [5.41, 5.74) is 0.259. The highest BCUT2D eigenvalue weighted by atomic mass is 16.5. The summed E-state index contributed by atoms with van der Waals surface area (Å²) >= 11 is 0. The van der Waals surface area contributed by atoms with Gasteiger partial charge in [-0.2, -0.15) is 0 Å². The van der Waals surface area contributed by atoms with Crippen LogP contribution in [0.25, 0.3) is 0 Å². The molecule has 3 nitrogen and oxygen atoms in total. The van der Waals surface area contributed by atoms with Crippen LogP contribution in [0, 0.1) is 23.2 Å². The van der Waals surface area contributed by atoms with E-state index in [1.165, 1.54) is 38.5 Å². The van der Waals surface area contributed by atoms with Gasteiger partial charge < -0.3 is 9.84 Å². The Labute approximate surface area is 123 Å². The highest BCUT2D eigenvalue weighted by Gasteiger charge is 2.53. The largest absolute Gasteiger partial charge is 0.391 e. The van der Waals surface area contributed by atoms with E-state index in [0.717, 1.165) is 44.0 Å². The number of hydrogen-bond acceptors (Lipinski definition) is 3. The standard InChI is InChI=1S/C17H31NO2/c1-3-18(4-5-20-2)12-16(19)17-9-13-6-14(10-17)8-15(7-13)11-17/h13-16,19H,3-12H2,1-2H3. The van der Waals surface area contributed by atoms with Gasteiger partial charge in [0.1, 0.15) is 0 Å². The molecule has 1 atom stereocenters. The summed E-state index contributed by atoms with van der Waals surface area (Å²) in [6, 6.07) is 0. The molecule has 0 aliphatic heterocycles. The molecular weight excluding hydrogens is 250 g/mol. The Morgan fingerprint density at radius 1 is 1.15 bits per heavy atom. The maximum absolute atomic E-state index is 10.9. The van der Waals surface area contributed by atoms with Crippen molar-refractivity contribution >= 4 is 0 Å². The van der Waals surface area contributed by atoms with E-state index in [2.05, 4.69) is 11.8 Å². The van der Waals surface area contributed by atoms with Gasteiger partial charge in [0, 0.05) is 20.2 Å². The smallest absolute Gasteiger partial charge is 0.0723 e. The highest BCUT2D eigenvalue weighted by molar-refractivity contribution is 5.04. The Morgan fingerprint density at radius 2 is 1.70 bits per heavy atom. The number of likely N-dealkylation sites (N-methyl/N-ethyl adjacent to an activating group) is 1. The Morgan fingerprint density at radius 3 is 2.15 bits per heavy atom. The molecule has 116 valence electrons. The fraction of sp³-hybridized carbons (Fsp3) is 1.00. The third kappa shape index (κ3) is 2.77. The minimum absolute atomic E-state index is 0.132. The summed E-state index contributed by atoms with van der Waals surface area (Å²) in [7, 11) is 1.75. The van der Waals surface area contributed by atoms with Crippen molar-refractivity contribution in [3.63, 3.8) is 0 Å². The molecule has 4 fully saturated rings. The van der Waals surface area contributed by atoms with Gasteiger partial charge in [-0.25, -0.2) is 0 Å². The van der Waals surface area contributed by atoms with Crippen LogP contribution in [0.5, 0.6) is 0 Å². The summed E-state index contributed by atoms with van der Waals surface area (Å²) in [5.74, 6) is 2.76. The van der Waals surface area contributed by atoms with Crippen LogP contribution >= 0.6 is 0 Å². The van der Waals surface area contributed by atoms with E-state index in [1.54, 1.807) is 7.11 Å². The van der Waals surface area contributed by atoms with Crippen LogP contribution in [0.3, 0.4) is 0 Å². The first-order chi connectivity index (χ1) is 9.65. The lowest BCUT2D eigenvalue weighted by Crippen LogP contribution is -2.54. The van der Waals surface area contributed by atoms with Crippen LogP contribution in [0.4, 0.5) is 0 Å². The van der Waals surface area contributed by atoms with E-state index in [-0.39, 0.29) is 11.5 Å². The van der Waals surface area contributed by atoms with Crippen molar-refractivity contribution in [1.82, 2.24) is 4.90 Å². The molecule has 0 saturated heterocycles. The maximum Gasteiger partial charge on any atom is 0.0723 e. The number of nitrogens with zero attached hydrogens (tertiary/aromatic N) is 1. The second-order valence-corrected chi connectivity index (χ2v) is 7.68. The molecule has 0 aromatic heterocycles. The van der Waals surface area contributed by atoms with Gasteiger partial charge in [-0.05, 0) is 68.2 Å². The number of hydrogen-bond donors (Lipinski definition) is 1. The number of methoxy groups -OCH3 is 1. The van der Waals surface area contributed by atoms with Crippen LogP contribution < -0.4 is 0 Å². The molecule has 0 amide bonds. The summed E-state index contributed by atoms with van der Waals surface area (Å²) in [6.07, 6.45) is 8.10. The van der Waals surface area contributed by atoms with Crippen LogP contribution in [0.15, 0.2) is 0 Å². The van der Waals surface area contributed by atoms with Gasteiger partial charge in [0.05, 0.1) is 12.7 Å². The number of rotatable bonds is 7. The molecule has 4 aliphatic carbocycles. The molecule has 4 rings (SSSR count). The molecular formula is C17H31NO2. The van der Waals surface area contributed by atoms with Crippen LogP contribution in [0.2, 0.25) is 0 Å². The Bertz CT molecular complexity index is 296. The topological polar surface area (TPSA) is 32.7 Å². The van der Waals surface area contributed by atoms with Crippen molar-refractivity contribution in [2.24, 2.45) is 23.2 Å². The molecule has 4 bridgehead atoms. The second kappa shape index (κ2) is 5.94. The zero-order valence-corrected chi connectivity index (χ0v) is 13.2. The van der Waals surface area contributed by atoms with Crippen molar-refractivity contribution < 1.29 is 9.84 Å². The molecule has 3 heteroatoms. The monoisotopic (exact) mass is 281 g/mol. The molecule has 1 N–H and O–H groups in total. The second-order valence-electron chi connectivity index (χ2n) is 7.68. The quantitative estimate of drug-likeness (QED) is 0.778. The number of ether oxygens (including phenoxy) is 1. The van der Waals surface area contributed by atoms with E-state index in [1.807, 2.05) is 0 Å². The molecule has 0 aromatic rings. The molecule has 20 heavy (non-hydrogen) atoms. The van der Waals surface area contributed by atoms with Gasteiger partial charge >= 0.3 is 0 Å². The van der Waals surface area contributed by atoms with Crippen LogP contribution in [-0.2, 0) is 4.74 Å². The normalized spacial score (nSPS) is 40.5. The Hall–Kier alpha value is -0.120. The summed E-state index contributed by atoms with van der Waals surface area (Å²) in [4.78, 5) is 2.35. The molecule has 4 saturated carbocycles. The van der Waals surface area contributed by atoms with Crippen molar-refractivity contribution in [3.05, 3.63) is 0 Å². The molecule has 0 spiro atoms. The lowest BCUT2D eigenvalue weighted by molar-refractivity contribution is -0.127. The van der Waals surface area contributed by atoms with E-state index in [9.17, 15) is 5.11 Å². The van der Waals surface area contributed by atoms with Crippen molar-refractivity contribution in [3.8, 4) is 0 Å². The van der Waals surface area contributed by atoms with Crippen molar-refractivity contribution in [2.45, 2.75) is 51.6 Å². The zero-order chi connectivity index (χ0) is 14.2. The summed E-state index contributed by atoms with van der Waals surface area (Å²) < 4.78 is 5.18. The fourth-order valence-electron chi connectivity index (χ4n) is 5.62. The molecule has 1 unspecified atom stereocenters. The lowest BCUT2D eigenvalue weighted by Gasteiger charge is -2.58. The van der Waals surface area contributed by atoms with Gasteiger partial charge in [-0.1, -0.05) is 6.92 Å². The minimum Gasteiger partial charge on any atom is -0.391 e. The van der Waals surface area contributed by atoms with Gasteiger partial charge in [0.2, 0.25) is 0 Å². The predicted molar refractivity (Wildman–Crippen MR) is 80.6 cm³/mol. The fourth-order valence-corrected chi connectivity index (χ4v) is 5.62. The van der Waals surface area contributed by atoms with Gasteiger partial charge in [0.15, 0.2) is 0 Å². The van der Waals surface area contributed by atoms with E-state index in [4.69, 9.17) is 4.74 Å². The third-order valence-corrected chi connectivity index (χ3v) is 6.28. The molecule has 0 heterocycles. The average Bonchev–Trinajstić information content (AvgIpc) is 2.41. The predicted octanol–water partition coefficient (Wildman–Crippen LogP) is 2.53. The Balaban J connectivity index is 1.62. The molecule has 0 aromatic carbocycles. The van der Waals surface area contributed by atoms with E-state index in [0.29, 0.717) is 0 Å². The maximum atomic E-state index is 10.9. The van der Waals surface area contributed by atoms with E-state index >= 15 is 0 Å². The van der Waals surface area contributed by atoms with Crippen LogP contribution in [0.1, 0.15) is 45.4 Å². The van der Waals surface area contributed by atoms with Gasteiger partial charge in [-0.3, -0.25) is 4.90 Å². The zero-order valence-electron chi connectivity index (χ0n) is 13.2. The Kier molecular flexibility index (Phi) is 4.40. The lowest BCUT2D eigenvalue weighted by atomic mass is 9.48. The average molecular weight is 281 g/mol. The highest BCUT2D eigenvalue weighted by Crippen LogP contribution is 2.61. The van der Waals surface area contributed by atoms with Gasteiger partial charge in [-0.15, -0.1) is 0 Å². The van der Waals surface area contributed by atoms with E-state index < -0.39 is 0 Å². The first-order valence-electron chi connectivity index (χ1n) is 8.54. The number of aliphatic hydroxyl groups excluding tert-OH is 1. The number of aliphatic hydroxyl groups is 1. The SMILES string of the molecule is CCN(CCOC)CC(O)C12CC3CC(CC(C3)C1)C2. The minimum atomic E-state index is -0.132. The molecule has 4 aliphatic rings. The van der Waals surface area contributed by atoms with Crippen LogP contribution in [-0.4, -0.2) is 49.5 Å². The summed E-state index contributed by atoms with van der Waals surface area (Å²) in [5, 5.41) is 10.9. The first kappa shape index (κ1) is 14.8. The molecule has 0 radical (unpaired) electrons. The third-order valence-electron chi connectivity index (χ3n) is 6.28. The van der Waals surface area contributed by atoms with Crippen molar-refractivity contribution in [1.29, 1.82) is 0 Å². The van der Waals surface area contributed by atoms with Crippen molar-refractivity contribution in [2.75, 3.05) is 33.4 Å². The summed E-state index contributed by atoms with van der Waals surface area (Å²) in [6.45, 7) is 5.73.